The Balaban J connectivity index is 4.43. The second-order valence-electron chi connectivity index (χ2n) is 15.8. The number of phosphoric acid groups is 1. The summed E-state index contributed by atoms with van der Waals surface area (Å²) >= 11 is 0. The molecule has 0 aliphatic carbocycles. The first kappa shape index (κ1) is 52.2. The van der Waals surface area contributed by atoms with Gasteiger partial charge in [-0.1, -0.05) is 140 Å². The number of likely N-dealkylation sites (N-methyl/N-ethyl adjacent to an activating group) is 1. The van der Waals surface area contributed by atoms with Crippen LogP contribution in [0.1, 0.15) is 181 Å². The average Bonchev–Trinajstić information content (AvgIpc) is 3.12. The zero-order valence-electron chi connectivity index (χ0n) is 35.5. The van der Waals surface area contributed by atoms with Crippen LogP contribution in [0.3, 0.4) is 0 Å². The van der Waals surface area contributed by atoms with Gasteiger partial charge in [0.25, 0.3) is 0 Å². The normalized spacial score (nSPS) is 14.0. The van der Waals surface area contributed by atoms with Gasteiger partial charge < -0.3 is 18.9 Å². The lowest BCUT2D eigenvalue weighted by molar-refractivity contribution is -0.870. The average molecular weight is 785 g/mol. The molecule has 10 heteroatoms. The molecule has 0 aromatic rings. The minimum atomic E-state index is -4.38. The quantitative estimate of drug-likeness (QED) is 0.0164. The molecule has 0 radical (unpaired) electrons. The van der Waals surface area contributed by atoms with Crippen molar-refractivity contribution in [2.45, 2.75) is 187 Å². The number of allylic oxidation sites excluding steroid dienone is 6. The topological polar surface area (TPSA) is 108 Å². The lowest BCUT2D eigenvalue weighted by Gasteiger charge is -2.24. The Kier molecular flexibility index (Phi) is 35.6. The number of carbonyl (C=O) groups is 2. The smallest absolute Gasteiger partial charge is 0.462 e. The van der Waals surface area contributed by atoms with E-state index in [9.17, 15) is 19.0 Å². The first-order valence-corrected chi connectivity index (χ1v) is 23.2. The van der Waals surface area contributed by atoms with E-state index in [0.29, 0.717) is 23.9 Å². The summed E-state index contributed by atoms with van der Waals surface area (Å²) in [6, 6.07) is 0. The minimum Gasteiger partial charge on any atom is -0.462 e. The SMILES string of the molecule is CCCCCC/C=C/C=C/CCCCCCCC(=O)O[C@H](COC(=O)CCCC/C=C/CCCCCCCCCCC)COP(=O)(O)OCC[N+](C)(C)C. The third-order valence-electron chi connectivity index (χ3n) is 9.17. The number of unbranched alkanes of at least 4 members (excludes halogenated alkanes) is 20. The molecule has 0 heterocycles. The van der Waals surface area contributed by atoms with E-state index in [4.69, 9.17) is 18.5 Å². The molecule has 316 valence electrons. The van der Waals surface area contributed by atoms with E-state index in [1.54, 1.807) is 0 Å². The highest BCUT2D eigenvalue weighted by molar-refractivity contribution is 7.47. The number of quaternary nitrogens is 1. The molecular formula is C44H83NO8P+. The second-order valence-corrected chi connectivity index (χ2v) is 17.2. The Labute approximate surface area is 331 Å². The zero-order chi connectivity index (χ0) is 40.0. The van der Waals surface area contributed by atoms with Crippen molar-refractivity contribution >= 4 is 19.8 Å². The summed E-state index contributed by atoms with van der Waals surface area (Å²) in [5.41, 5.74) is 0. The number of carbonyl (C=O) groups excluding carboxylic acids is 2. The Morgan fingerprint density at radius 3 is 1.54 bits per heavy atom. The highest BCUT2D eigenvalue weighted by Crippen LogP contribution is 2.43. The molecule has 0 amide bonds. The molecule has 0 saturated heterocycles. The van der Waals surface area contributed by atoms with E-state index >= 15 is 0 Å². The fourth-order valence-electron chi connectivity index (χ4n) is 5.70. The maximum atomic E-state index is 12.7. The summed E-state index contributed by atoms with van der Waals surface area (Å²) in [7, 11) is 1.45. The molecule has 0 spiro atoms. The van der Waals surface area contributed by atoms with Crippen LogP contribution in [0.2, 0.25) is 0 Å². The van der Waals surface area contributed by atoms with Gasteiger partial charge in [-0.2, -0.15) is 0 Å². The first-order chi connectivity index (χ1) is 26.0. The fraction of sp³-hybridized carbons (Fsp3) is 0.818. The fourth-order valence-corrected chi connectivity index (χ4v) is 6.45. The van der Waals surface area contributed by atoms with Gasteiger partial charge in [-0.3, -0.25) is 18.6 Å². The number of hydrogen-bond acceptors (Lipinski definition) is 7. The number of rotatable bonds is 39. The van der Waals surface area contributed by atoms with Crippen LogP contribution < -0.4 is 0 Å². The van der Waals surface area contributed by atoms with Gasteiger partial charge in [0.2, 0.25) is 0 Å². The van der Waals surface area contributed by atoms with Gasteiger partial charge in [0, 0.05) is 12.8 Å². The van der Waals surface area contributed by atoms with Crippen LogP contribution in [-0.2, 0) is 32.7 Å². The summed E-state index contributed by atoms with van der Waals surface area (Å²) in [6.07, 6.45) is 40.5. The molecule has 1 unspecified atom stereocenters. The van der Waals surface area contributed by atoms with Crippen LogP contribution in [0.4, 0.5) is 0 Å². The summed E-state index contributed by atoms with van der Waals surface area (Å²) in [5.74, 6) is -0.841. The molecule has 2 atom stereocenters. The Hall–Kier alpha value is -1.77. The van der Waals surface area contributed by atoms with E-state index in [1.807, 2.05) is 21.1 Å². The lowest BCUT2D eigenvalue weighted by atomic mass is 10.1. The third kappa shape index (κ3) is 39.9. The van der Waals surface area contributed by atoms with Crippen molar-refractivity contribution < 1.29 is 42.1 Å². The first-order valence-electron chi connectivity index (χ1n) is 21.7. The van der Waals surface area contributed by atoms with Crippen molar-refractivity contribution in [2.24, 2.45) is 0 Å². The highest BCUT2D eigenvalue weighted by Gasteiger charge is 2.27. The molecule has 54 heavy (non-hydrogen) atoms. The molecule has 0 aromatic carbocycles. The standard InChI is InChI=1S/C44H82NO8P/c1-6-8-10-12-14-16-18-20-22-24-26-28-30-32-34-36-43(46)50-40-42(41-52-54(48,49)51-39-38-45(3,4)5)53-44(47)37-35-33-31-29-27-25-23-21-19-17-15-13-11-9-7-2/h17,19,21,23,26,28,42H,6-16,18,20,22,24-25,27,29-41H2,1-5H3/p+1/b19-17+,23-21+,28-26+/t42-/m1/s1. The predicted molar refractivity (Wildman–Crippen MR) is 224 cm³/mol. The zero-order valence-corrected chi connectivity index (χ0v) is 36.3. The van der Waals surface area contributed by atoms with Crippen LogP contribution >= 0.6 is 7.82 Å². The number of ether oxygens (including phenoxy) is 2. The highest BCUT2D eigenvalue weighted by atomic mass is 31.2. The summed E-state index contributed by atoms with van der Waals surface area (Å²) < 4.78 is 34.2. The number of nitrogens with zero attached hydrogens (tertiary/aromatic N) is 1. The molecule has 0 aliphatic rings. The molecule has 9 nitrogen and oxygen atoms in total. The second kappa shape index (κ2) is 36.8. The van der Waals surface area contributed by atoms with Crippen molar-refractivity contribution in [2.75, 3.05) is 47.5 Å². The van der Waals surface area contributed by atoms with Crippen LogP contribution in [0, 0.1) is 0 Å². The largest absolute Gasteiger partial charge is 0.472 e. The molecule has 0 saturated carbocycles. The Bertz CT molecular complexity index is 1020. The van der Waals surface area contributed by atoms with E-state index in [1.165, 1.54) is 83.5 Å². The molecule has 0 aliphatic heterocycles. The van der Waals surface area contributed by atoms with E-state index < -0.39 is 32.5 Å². The third-order valence-corrected chi connectivity index (χ3v) is 10.2. The summed E-state index contributed by atoms with van der Waals surface area (Å²) in [5, 5.41) is 0. The molecular weight excluding hydrogens is 701 g/mol. The van der Waals surface area contributed by atoms with Crippen molar-refractivity contribution in [1.82, 2.24) is 0 Å². The van der Waals surface area contributed by atoms with Crippen molar-refractivity contribution in [3.05, 3.63) is 36.5 Å². The predicted octanol–water partition coefficient (Wildman–Crippen LogP) is 12.1. The van der Waals surface area contributed by atoms with Crippen molar-refractivity contribution in [1.29, 1.82) is 0 Å². The van der Waals surface area contributed by atoms with Crippen molar-refractivity contribution in [3.63, 3.8) is 0 Å². The lowest BCUT2D eigenvalue weighted by Crippen LogP contribution is -2.37. The Morgan fingerprint density at radius 1 is 0.574 bits per heavy atom. The van der Waals surface area contributed by atoms with E-state index in [2.05, 4.69) is 50.3 Å². The van der Waals surface area contributed by atoms with Gasteiger partial charge in [-0.15, -0.1) is 0 Å². The van der Waals surface area contributed by atoms with Gasteiger partial charge >= 0.3 is 19.8 Å². The molecule has 0 bridgehead atoms. The van der Waals surface area contributed by atoms with E-state index in [0.717, 1.165) is 57.8 Å². The Morgan fingerprint density at radius 2 is 1.00 bits per heavy atom. The van der Waals surface area contributed by atoms with Gasteiger partial charge in [-0.05, 0) is 64.2 Å². The number of hydrogen-bond donors (Lipinski definition) is 1. The number of esters is 2. The summed E-state index contributed by atoms with van der Waals surface area (Å²) in [6.45, 7) is 4.36. The van der Waals surface area contributed by atoms with Gasteiger partial charge in [0.1, 0.15) is 19.8 Å². The summed E-state index contributed by atoms with van der Waals surface area (Å²) in [4.78, 5) is 35.3. The van der Waals surface area contributed by atoms with E-state index in [-0.39, 0.29) is 26.1 Å². The van der Waals surface area contributed by atoms with Gasteiger partial charge in [0.05, 0.1) is 27.7 Å². The maximum Gasteiger partial charge on any atom is 0.472 e. The van der Waals surface area contributed by atoms with Gasteiger partial charge in [-0.25, -0.2) is 4.57 Å². The number of phosphoric ester groups is 1. The maximum absolute atomic E-state index is 12.7. The van der Waals surface area contributed by atoms with Crippen molar-refractivity contribution in [3.8, 4) is 0 Å². The molecule has 0 rings (SSSR count). The monoisotopic (exact) mass is 785 g/mol. The van der Waals surface area contributed by atoms with Crippen LogP contribution in [-0.4, -0.2) is 74.9 Å². The van der Waals surface area contributed by atoms with Crippen LogP contribution in [0.25, 0.3) is 0 Å². The van der Waals surface area contributed by atoms with Crippen LogP contribution in [0.5, 0.6) is 0 Å². The molecule has 0 fully saturated rings. The van der Waals surface area contributed by atoms with Gasteiger partial charge in [0.15, 0.2) is 6.10 Å². The molecule has 0 aromatic heterocycles. The molecule has 1 N–H and O–H groups in total. The van der Waals surface area contributed by atoms with Crippen LogP contribution in [0.15, 0.2) is 36.5 Å². The minimum absolute atomic E-state index is 0.0255.